The number of fused-ring (bicyclic) bond motifs is 2. The minimum atomic E-state index is -0.291. The number of hydrogen-bond donors (Lipinski definition) is 0. The number of esters is 1. The fourth-order valence-electron chi connectivity index (χ4n) is 2.76. The van der Waals surface area contributed by atoms with Crippen LogP contribution >= 0.6 is 0 Å². The maximum absolute atomic E-state index is 11.3. The summed E-state index contributed by atoms with van der Waals surface area (Å²) in [5, 5.41) is 8.87. The van der Waals surface area contributed by atoms with E-state index in [0.717, 1.165) is 19.3 Å². The predicted octanol–water partition coefficient (Wildman–Crippen LogP) is 2.04. The van der Waals surface area contributed by atoms with Gasteiger partial charge in [0.25, 0.3) is 0 Å². The highest BCUT2D eigenvalue weighted by Gasteiger charge is 2.47. The fourth-order valence-corrected chi connectivity index (χ4v) is 2.76. The van der Waals surface area contributed by atoms with Gasteiger partial charge in [0.15, 0.2) is 0 Å². The third-order valence-electron chi connectivity index (χ3n) is 3.56. The Bertz CT molecular complexity index is 342. The second-order valence-electron chi connectivity index (χ2n) is 4.69. The van der Waals surface area contributed by atoms with E-state index in [2.05, 4.69) is 12.6 Å². The molecule has 80 valence electrons. The van der Waals surface area contributed by atoms with Gasteiger partial charge in [0.05, 0.1) is 6.07 Å². The van der Waals surface area contributed by atoms with Gasteiger partial charge in [0.2, 0.25) is 0 Å². The average Bonchev–Trinajstić information content (AvgIpc) is 2.75. The highest BCUT2D eigenvalue weighted by atomic mass is 16.5. The van der Waals surface area contributed by atoms with Gasteiger partial charge in [-0.15, -0.1) is 0 Å². The Balaban J connectivity index is 1.93. The summed E-state index contributed by atoms with van der Waals surface area (Å²) in [6, 6.07) is 2.33. The first-order valence-electron chi connectivity index (χ1n) is 5.38. The van der Waals surface area contributed by atoms with E-state index in [-0.39, 0.29) is 18.0 Å². The number of nitriles is 1. The molecular weight excluding hydrogens is 190 g/mol. The molecule has 0 radical (unpaired) electrons. The maximum Gasteiger partial charge on any atom is 0.333 e. The summed E-state index contributed by atoms with van der Waals surface area (Å²) in [5.74, 6) is 0.752. The molecule has 2 saturated carbocycles. The van der Waals surface area contributed by atoms with Crippen molar-refractivity contribution in [1.29, 1.82) is 5.26 Å². The van der Waals surface area contributed by atoms with Gasteiger partial charge in [0, 0.05) is 11.5 Å². The Hall–Kier alpha value is -1.30. The summed E-state index contributed by atoms with van der Waals surface area (Å²) in [5.41, 5.74) is 0.453. The lowest BCUT2D eigenvalue weighted by Crippen LogP contribution is -2.27. The monoisotopic (exact) mass is 205 g/mol. The predicted molar refractivity (Wildman–Crippen MR) is 54.6 cm³/mol. The van der Waals surface area contributed by atoms with Crippen molar-refractivity contribution in [2.45, 2.75) is 32.3 Å². The molecule has 2 aliphatic carbocycles. The molecule has 0 aliphatic heterocycles. The molecule has 3 heteroatoms. The Labute approximate surface area is 89.7 Å². The van der Waals surface area contributed by atoms with E-state index in [1.165, 1.54) is 0 Å². The van der Waals surface area contributed by atoms with E-state index in [9.17, 15) is 4.79 Å². The van der Waals surface area contributed by atoms with Crippen molar-refractivity contribution in [2.75, 3.05) is 0 Å². The number of rotatable bonds is 2. The summed E-state index contributed by atoms with van der Waals surface area (Å²) in [4.78, 5) is 11.3. The lowest BCUT2D eigenvalue weighted by molar-refractivity contribution is -0.146. The number of nitrogens with zero attached hydrogens (tertiary/aromatic N) is 1. The number of ether oxygens (including phenoxy) is 1. The normalized spacial score (nSPS) is 37.3. The van der Waals surface area contributed by atoms with Crippen LogP contribution in [0.25, 0.3) is 0 Å². The molecule has 0 N–H and O–H groups in total. The summed E-state index contributed by atoms with van der Waals surface area (Å²) in [6.07, 6.45) is 2.84. The van der Waals surface area contributed by atoms with Crippen molar-refractivity contribution in [3.8, 4) is 6.07 Å². The molecule has 0 saturated heterocycles. The molecule has 0 aromatic heterocycles. The summed E-state index contributed by atoms with van der Waals surface area (Å²) < 4.78 is 5.35. The topological polar surface area (TPSA) is 50.1 Å². The average molecular weight is 205 g/mol. The van der Waals surface area contributed by atoms with Gasteiger partial charge in [-0.3, -0.25) is 0 Å². The molecule has 0 heterocycles. The minimum Gasteiger partial charge on any atom is -0.459 e. The van der Waals surface area contributed by atoms with Crippen LogP contribution in [0.1, 0.15) is 26.2 Å². The van der Waals surface area contributed by atoms with Gasteiger partial charge in [-0.05, 0) is 38.0 Å². The van der Waals surface area contributed by atoms with Crippen molar-refractivity contribution in [2.24, 2.45) is 17.8 Å². The molecule has 0 amide bonds. The van der Waals surface area contributed by atoms with Crippen LogP contribution in [-0.4, -0.2) is 12.1 Å². The Morgan fingerprint density at radius 3 is 2.60 bits per heavy atom. The number of carbonyl (C=O) groups excluding carboxylic acids is 1. The van der Waals surface area contributed by atoms with Crippen LogP contribution in [-0.2, 0) is 9.53 Å². The van der Waals surface area contributed by atoms with E-state index in [0.29, 0.717) is 17.4 Å². The lowest BCUT2D eigenvalue weighted by Gasteiger charge is -2.24. The van der Waals surface area contributed by atoms with Gasteiger partial charge in [0.1, 0.15) is 6.10 Å². The third-order valence-corrected chi connectivity index (χ3v) is 3.56. The van der Waals surface area contributed by atoms with Crippen LogP contribution in [0.3, 0.4) is 0 Å². The first-order chi connectivity index (χ1) is 7.11. The molecule has 2 bridgehead atoms. The maximum atomic E-state index is 11.3. The molecule has 2 fully saturated rings. The van der Waals surface area contributed by atoms with Gasteiger partial charge in [-0.2, -0.15) is 5.26 Å². The Kier molecular flexibility index (Phi) is 2.52. The van der Waals surface area contributed by atoms with Crippen molar-refractivity contribution < 1.29 is 9.53 Å². The quantitative estimate of drug-likeness (QED) is 0.512. The minimum absolute atomic E-state index is 0.0313. The first-order valence-corrected chi connectivity index (χ1v) is 5.38. The Morgan fingerprint density at radius 2 is 2.13 bits per heavy atom. The van der Waals surface area contributed by atoms with Crippen molar-refractivity contribution in [1.82, 2.24) is 0 Å². The molecule has 2 rings (SSSR count). The lowest BCUT2D eigenvalue weighted by atomic mass is 9.88. The van der Waals surface area contributed by atoms with Crippen molar-refractivity contribution >= 4 is 5.97 Å². The van der Waals surface area contributed by atoms with Crippen LogP contribution in [0.2, 0.25) is 0 Å². The highest BCUT2D eigenvalue weighted by molar-refractivity contribution is 5.87. The largest absolute Gasteiger partial charge is 0.459 e. The molecular formula is C12H15NO2. The van der Waals surface area contributed by atoms with E-state index in [1.54, 1.807) is 6.92 Å². The third kappa shape index (κ3) is 1.77. The SMILES string of the molecule is C=C(C)C(=O)OC1C[C@H]2CC1CC2C#N. The molecule has 0 aromatic carbocycles. The van der Waals surface area contributed by atoms with E-state index >= 15 is 0 Å². The highest BCUT2D eigenvalue weighted by Crippen LogP contribution is 2.49. The number of carbonyl (C=O) groups is 1. The second-order valence-corrected chi connectivity index (χ2v) is 4.69. The fraction of sp³-hybridized carbons (Fsp3) is 0.667. The van der Waals surface area contributed by atoms with Crippen LogP contribution < -0.4 is 0 Å². The molecule has 0 spiro atoms. The van der Waals surface area contributed by atoms with Crippen molar-refractivity contribution in [3.05, 3.63) is 12.2 Å². The van der Waals surface area contributed by atoms with Crippen LogP contribution in [0.15, 0.2) is 12.2 Å². The van der Waals surface area contributed by atoms with Gasteiger partial charge in [-0.25, -0.2) is 4.79 Å². The van der Waals surface area contributed by atoms with Gasteiger partial charge in [-0.1, -0.05) is 6.58 Å². The second kappa shape index (κ2) is 3.69. The zero-order valence-corrected chi connectivity index (χ0v) is 8.90. The summed E-state index contributed by atoms with van der Waals surface area (Å²) in [6.45, 7) is 5.22. The van der Waals surface area contributed by atoms with Crippen molar-refractivity contribution in [3.63, 3.8) is 0 Å². The van der Waals surface area contributed by atoms with E-state index in [1.807, 2.05) is 0 Å². The standard InChI is InChI=1S/C12H15NO2/c1-7(2)12(14)15-11-5-8-3-9(11)4-10(8)6-13/h8-11H,1,3-5H2,2H3/t8-,9?,10?,11?/m1/s1. The molecule has 2 aliphatic rings. The molecule has 15 heavy (non-hydrogen) atoms. The summed E-state index contributed by atoms with van der Waals surface area (Å²) in [7, 11) is 0. The first kappa shape index (κ1) is 10.2. The van der Waals surface area contributed by atoms with Gasteiger partial charge < -0.3 is 4.74 Å². The van der Waals surface area contributed by atoms with E-state index in [4.69, 9.17) is 10.00 Å². The Morgan fingerprint density at radius 1 is 1.40 bits per heavy atom. The zero-order chi connectivity index (χ0) is 11.0. The molecule has 3 nitrogen and oxygen atoms in total. The van der Waals surface area contributed by atoms with E-state index < -0.39 is 0 Å². The van der Waals surface area contributed by atoms with Crippen LogP contribution in [0.5, 0.6) is 0 Å². The van der Waals surface area contributed by atoms with Gasteiger partial charge >= 0.3 is 5.97 Å². The summed E-state index contributed by atoms with van der Waals surface area (Å²) >= 11 is 0. The van der Waals surface area contributed by atoms with Crippen LogP contribution in [0, 0.1) is 29.1 Å². The smallest absolute Gasteiger partial charge is 0.333 e. The van der Waals surface area contributed by atoms with Crippen LogP contribution in [0.4, 0.5) is 0 Å². The molecule has 0 aromatic rings. The molecule has 3 unspecified atom stereocenters. The molecule has 4 atom stereocenters. The number of hydrogen-bond acceptors (Lipinski definition) is 3. The zero-order valence-electron chi connectivity index (χ0n) is 8.90.